The minimum absolute atomic E-state index is 0.103. The molecular weight excluding hydrogens is 540 g/mol. The Morgan fingerprint density at radius 1 is 0.884 bits per heavy atom. The molecule has 222 valence electrons. The van der Waals surface area contributed by atoms with Crippen molar-refractivity contribution in [1.82, 2.24) is 0 Å². The van der Waals surface area contributed by atoms with Crippen LogP contribution in [0.25, 0.3) is 0 Å². The van der Waals surface area contributed by atoms with Crippen molar-refractivity contribution in [3.05, 3.63) is 125 Å². The third kappa shape index (κ3) is 8.79. The number of hydrogen-bond acceptors (Lipinski definition) is 5. The molecule has 0 aromatic heterocycles. The van der Waals surface area contributed by atoms with Crippen LogP contribution in [-0.2, 0) is 16.0 Å². The second kappa shape index (κ2) is 15.4. The SMILES string of the molecule is CCCC(=O)N(CCCOc1ccc(CC(Nc2ccccc2C(=O)c2ccccc2)C(=O)O)cc1)c1cccc(C)c1. The van der Waals surface area contributed by atoms with E-state index in [1.807, 2.05) is 73.3 Å². The van der Waals surface area contributed by atoms with Crippen molar-refractivity contribution < 1.29 is 24.2 Å². The first-order valence-corrected chi connectivity index (χ1v) is 14.6. The van der Waals surface area contributed by atoms with E-state index in [0.717, 1.165) is 23.2 Å². The van der Waals surface area contributed by atoms with Gasteiger partial charge in [0, 0.05) is 41.9 Å². The quantitative estimate of drug-likeness (QED) is 0.117. The molecule has 0 aliphatic heterocycles. The molecule has 1 amide bonds. The molecule has 0 saturated heterocycles. The van der Waals surface area contributed by atoms with E-state index in [0.29, 0.717) is 48.6 Å². The molecule has 0 radical (unpaired) electrons. The number of ether oxygens (including phenoxy) is 1. The van der Waals surface area contributed by atoms with Gasteiger partial charge in [0.2, 0.25) is 5.91 Å². The summed E-state index contributed by atoms with van der Waals surface area (Å²) in [6.45, 7) is 5.01. The van der Waals surface area contributed by atoms with E-state index in [4.69, 9.17) is 4.74 Å². The van der Waals surface area contributed by atoms with Crippen LogP contribution >= 0.6 is 0 Å². The zero-order valence-corrected chi connectivity index (χ0v) is 24.7. The number of benzene rings is 4. The lowest BCUT2D eigenvalue weighted by Gasteiger charge is -2.23. The number of anilines is 2. The van der Waals surface area contributed by atoms with Crippen molar-refractivity contribution in [2.45, 2.75) is 45.6 Å². The van der Waals surface area contributed by atoms with Crippen molar-refractivity contribution in [3.63, 3.8) is 0 Å². The van der Waals surface area contributed by atoms with Crippen molar-refractivity contribution in [2.75, 3.05) is 23.4 Å². The first kappa shape index (κ1) is 31.0. The van der Waals surface area contributed by atoms with Crippen LogP contribution in [0, 0.1) is 6.92 Å². The highest BCUT2D eigenvalue weighted by molar-refractivity contribution is 6.12. The van der Waals surface area contributed by atoms with Crippen molar-refractivity contribution in [3.8, 4) is 5.75 Å². The maximum absolute atomic E-state index is 13.1. The first-order chi connectivity index (χ1) is 20.9. The summed E-state index contributed by atoms with van der Waals surface area (Å²) in [5, 5.41) is 13.0. The number of carbonyl (C=O) groups excluding carboxylic acids is 2. The number of carboxylic acids is 1. The number of ketones is 1. The number of amides is 1. The Morgan fingerprint density at radius 2 is 1.60 bits per heavy atom. The van der Waals surface area contributed by atoms with E-state index < -0.39 is 12.0 Å². The summed E-state index contributed by atoms with van der Waals surface area (Å²) in [5.41, 5.74) is 4.25. The Hall–Kier alpha value is -4.91. The maximum Gasteiger partial charge on any atom is 0.326 e. The normalized spacial score (nSPS) is 11.4. The van der Waals surface area contributed by atoms with Crippen molar-refractivity contribution >= 4 is 29.0 Å². The number of rotatable bonds is 15. The predicted octanol–water partition coefficient (Wildman–Crippen LogP) is 6.94. The Bertz CT molecular complexity index is 1520. The molecule has 0 spiro atoms. The lowest BCUT2D eigenvalue weighted by molar-refractivity contribution is -0.137. The molecular formula is C36H38N2O5. The van der Waals surface area contributed by atoms with Gasteiger partial charge in [-0.25, -0.2) is 4.79 Å². The molecule has 0 saturated carbocycles. The lowest BCUT2D eigenvalue weighted by atomic mass is 10.00. The molecule has 43 heavy (non-hydrogen) atoms. The number of aryl methyl sites for hydroxylation is 1. The summed E-state index contributed by atoms with van der Waals surface area (Å²) < 4.78 is 5.94. The molecule has 0 aliphatic carbocycles. The number of carbonyl (C=O) groups is 3. The molecule has 4 aromatic carbocycles. The second-order valence-corrected chi connectivity index (χ2v) is 10.5. The van der Waals surface area contributed by atoms with Gasteiger partial charge < -0.3 is 20.1 Å². The number of hydrogen-bond donors (Lipinski definition) is 2. The molecule has 7 heteroatoms. The lowest BCUT2D eigenvalue weighted by Crippen LogP contribution is -2.32. The van der Waals surface area contributed by atoms with Gasteiger partial charge in [-0.1, -0.05) is 73.7 Å². The Kier molecular flexibility index (Phi) is 11.1. The Balaban J connectivity index is 1.34. The smallest absolute Gasteiger partial charge is 0.326 e. The van der Waals surface area contributed by atoms with Gasteiger partial charge in [-0.15, -0.1) is 0 Å². The number of aliphatic carboxylic acids is 1. The second-order valence-electron chi connectivity index (χ2n) is 10.5. The molecule has 7 nitrogen and oxygen atoms in total. The first-order valence-electron chi connectivity index (χ1n) is 14.6. The van der Waals surface area contributed by atoms with Crippen LogP contribution in [0.3, 0.4) is 0 Å². The Labute approximate surface area is 253 Å². The van der Waals surface area contributed by atoms with Gasteiger partial charge >= 0.3 is 5.97 Å². The highest BCUT2D eigenvalue weighted by atomic mass is 16.5. The summed E-state index contributed by atoms with van der Waals surface area (Å²) in [5.74, 6) is -0.417. The van der Waals surface area contributed by atoms with Gasteiger partial charge in [0.25, 0.3) is 0 Å². The fraction of sp³-hybridized carbons (Fsp3) is 0.250. The predicted molar refractivity (Wildman–Crippen MR) is 170 cm³/mol. The van der Waals surface area contributed by atoms with Gasteiger partial charge in [0.05, 0.1) is 6.61 Å². The topological polar surface area (TPSA) is 95.9 Å². The molecule has 0 aliphatic rings. The number of nitrogens with zero attached hydrogens (tertiary/aromatic N) is 1. The van der Waals surface area contributed by atoms with Crippen LogP contribution in [0.2, 0.25) is 0 Å². The average molecular weight is 579 g/mol. The van der Waals surface area contributed by atoms with E-state index in [9.17, 15) is 19.5 Å². The number of para-hydroxylation sites is 1. The molecule has 1 unspecified atom stereocenters. The van der Waals surface area contributed by atoms with Gasteiger partial charge in [0.15, 0.2) is 5.78 Å². The van der Waals surface area contributed by atoms with Gasteiger partial charge in [-0.05, 0) is 67.3 Å². The third-order valence-corrected chi connectivity index (χ3v) is 7.07. The van der Waals surface area contributed by atoms with Crippen LogP contribution in [-0.4, -0.2) is 42.0 Å². The van der Waals surface area contributed by atoms with E-state index in [-0.39, 0.29) is 18.1 Å². The monoisotopic (exact) mass is 578 g/mol. The fourth-order valence-corrected chi connectivity index (χ4v) is 4.85. The highest BCUT2D eigenvalue weighted by Gasteiger charge is 2.21. The molecule has 4 rings (SSSR count). The largest absolute Gasteiger partial charge is 0.494 e. The minimum Gasteiger partial charge on any atom is -0.494 e. The maximum atomic E-state index is 13.1. The van der Waals surface area contributed by atoms with Crippen LogP contribution in [0.1, 0.15) is 53.2 Å². The zero-order valence-electron chi connectivity index (χ0n) is 24.7. The fourth-order valence-electron chi connectivity index (χ4n) is 4.85. The Morgan fingerprint density at radius 3 is 2.30 bits per heavy atom. The van der Waals surface area contributed by atoms with Crippen LogP contribution < -0.4 is 15.0 Å². The average Bonchev–Trinajstić information content (AvgIpc) is 3.02. The van der Waals surface area contributed by atoms with E-state index >= 15 is 0 Å². The molecule has 1 atom stereocenters. The standard InChI is InChI=1S/C36H38N2O5/c1-3-11-34(39)38(29-15-9-12-26(2)24-29)22-10-23-43-30-20-18-27(19-21-30)25-33(36(41)42)37-32-17-8-7-16-31(32)35(40)28-13-5-4-6-14-28/h4-9,12-21,24,33,37H,3,10-11,22-23,25H2,1-2H3,(H,41,42). The van der Waals surface area contributed by atoms with Gasteiger partial charge in [-0.3, -0.25) is 9.59 Å². The number of carboxylic acid groups (broad SMARTS) is 1. The van der Waals surface area contributed by atoms with E-state index in [2.05, 4.69) is 5.32 Å². The van der Waals surface area contributed by atoms with E-state index in [1.54, 1.807) is 48.5 Å². The van der Waals surface area contributed by atoms with Crippen molar-refractivity contribution in [1.29, 1.82) is 0 Å². The highest BCUT2D eigenvalue weighted by Crippen LogP contribution is 2.22. The third-order valence-electron chi connectivity index (χ3n) is 7.07. The van der Waals surface area contributed by atoms with Crippen LogP contribution in [0.15, 0.2) is 103 Å². The molecule has 0 heterocycles. The molecule has 4 aromatic rings. The van der Waals surface area contributed by atoms with Crippen LogP contribution in [0.4, 0.5) is 11.4 Å². The summed E-state index contributed by atoms with van der Waals surface area (Å²) >= 11 is 0. The van der Waals surface area contributed by atoms with Gasteiger partial charge in [0.1, 0.15) is 11.8 Å². The van der Waals surface area contributed by atoms with Crippen molar-refractivity contribution in [2.24, 2.45) is 0 Å². The summed E-state index contributed by atoms with van der Waals surface area (Å²) in [6.07, 6.45) is 2.17. The van der Waals surface area contributed by atoms with Gasteiger partial charge in [-0.2, -0.15) is 0 Å². The molecule has 0 fully saturated rings. The molecule has 0 bridgehead atoms. The molecule has 2 N–H and O–H groups in total. The summed E-state index contributed by atoms with van der Waals surface area (Å²) in [7, 11) is 0. The van der Waals surface area contributed by atoms with E-state index in [1.165, 1.54) is 0 Å². The summed E-state index contributed by atoms with van der Waals surface area (Å²) in [6, 6.07) is 30.2. The number of nitrogens with one attached hydrogen (secondary N) is 1. The summed E-state index contributed by atoms with van der Waals surface area (Å²) in [4.78, 5) is 39.8. The minimum atomic E-state index is -1.02. The van der Waals surface area contributed by atoms with Crippen LogP contribution in [0.5, 0.6) is 5.75 Å². The zero-order chi connectivity index (χ0) is 30.6.